The second-order valence-electron chi connectivity index (χ2n) is 8.97. The lowest BCUT2D eigenvalue weighted by Gasteiger charge is -2.32. The van der Waals surface area contributed by atoms with Crippen LogP contribution in [0.4, 0.5) is 20.7 Å². The quantitative estimate of drug-likeness (QED) is 0.339. The highest BCUT2D eigenvalue weighted by Gasteiger charge is 2.46. The van der Waals surface area contributed by atoms with Crippen molar-refractivity contribution in [2.24, 2.45) is 5.92 Å². The van der Waals surface area contributed by atoms with E-state index in [-0.39, 0.29) is 29.8 Å². The number of aryl methyl sites for hydroxylation is 1. The van der Waals surface area contributed by atoms with E-state index in [0.717, 1.165) is 6.42 Å². The number of aromatic amines is 1. The molecule has 0 spiro atoms. The standard InChI is InChI=1S/C23H23FN8O3/c1-10-26-7-14(8-27-10)35-22-30-20-18(15-4-12(24)5-17(25-2)19(15)29-20)21(31-22)32-9-11-3-13(32)6-16(11)28-23(33)34/h4-5,7-8,11,13,16,25,28H,3,6,9H2,1-2H3,(H,33,34)(H,29,30,31)/t11-,13+,16-/m1/s1. The van der Waals surface area contributed by atoms with Crippen molar-refractivity contribution in [3.05, 3.63) is 36.2 Å². The maximum absolute atomic E-state index is 14.5. The molecule has 2 aliphatic rings. The summed E-state index contributed by atoms with van der Waals surface area (Å²) in [4.78, 5) is 34.3. The number of ether oxygens (including phenoxy) is 1. The van der Waals surface area contributed by atoms with Gasteiger partial charge in [0, 0.05) is 31.1 Å². The molecule has 2 bridgehead atoms. The van der Waals surface area contributed by atoms with Crippen molar-refractivity contribution in [3.63, 3.8) is 0 Å². The molecule has 3 aromatic heterocycles. The van der Waals surface area contributed by atoms with E-state index < -0.39 is 6.09 Å². The Hall–Kier alpha value is -4.22. The molecule has 3 atom stereocenters. The van der Waals surface area contributed by atoms with E-state index in [4.69, 9.17) is 14.8 Å². The molecule has 1 saturated heterocycles. The zero-order valence-corrected chi connectivity index (χ0v) is 19.0. The molecule has 0 radical (unpaired) electrons. The molecule has 1 aliphatic heterocycles. The molecule has 4 aromatic rings. The predicted molar refractivity (Wildman–Crippen MR) is 127 cm³/mol. The number of halogens is 1. The van der Waals surface area contributed by atoms with Crippen LogP contribution in [0.5, 0.6) is 11.8 Å². The van der Waals surface area contributed by atoms with Gasteiger partial charge in [-0.05, 0) is 37.8 Å². The molecule has 35 heavy (non-hydrogen) atoms. The van der Waals surface area contributed by atoms with Gasteiger partial charge in [-0.2, -0.15) is 9.97 Å². The summed E-state index contributed by atoms with van der Waals surface area (Å²) in [6.45, 7) is 2.40. The number of carboxylic acid groups (broad SMARTS) is 1. The summed E-state index contributed by atoms with van der Waals surface area (Å²) in [6.07, 6.45) is 3.60. The number of nitrogens with one attached hydrogen (secondary N) is 3. The van der Waals surface area contributed by atoms with Crippen molar-refractivity contribution in [3.8, 4) is 11.8 Å². The van der Waals surface area contributed by atoms with E-state index in [0.29, 0.717) is 58.0 Å². The Balaban J connectivity index is 1.48. The van der Waals surface area contributed by atoms with Crippen LogP contribution in [0.15, 0.2) is 24.5 Å². The second kappa shape index (κ2) is 7.93. The van der Waals surface area contributed by atoms with Crippen molar-refractivity contribution in [1.29, 1.82) is 0 Å². The van der Waals surface area contributed by atoms with E-state index in [2.05, 4.69) is 35.5 Å². The summed E-state index contributed by atoms with van der Waals surface area (Å²) in [6, 6.07) is 3.00. The topological polar surface area (TPSA) is 141 Å². The Morgan fingerprint density at radius 3 is 2.74 bits per heavy atom. The van der Waals surface area contributed by atoms with Crippen molar-refractivity contribution >= 4 is 39.5 Å². The van der Waals surface area contributed by atoms with Crippen LogP contribution >= 0.6 is 0 Å². The van der Waals surface area contributed by atoms with Crippen LogP contribution in [-0.4, -0.2) is 61.8 Å². The van der Waals surface area contributed by atoms with Crippen molar-refractivity contribution < 1.29 is 19.0 Å². The van der Waals surface area contributed by atoms with Crippen LogP contribution in [0, 0.1) is 18.7 Å². The number of anilines is 2. The van der Waals surface area contributed by atoms with Gasteiger partial charge in [-0.15, -0.1) is 0 Å². The van der Waals surface area contributed by atoms with Crippen LogP contribution < -0.4 is 20.3 Å². The van der Waals surface area contributed by atoms with E-state index in [1.54, 1.807) is 26.4 Å². The van der Waals surface area contributed by atoms with Gasteiger partial charge < -0.3 is 30.4 Å². The monoisotopic (exact) mass is 478 g/mol. The van der Waals surface area contributed by atoms with E-state index >= 15 is 0 Å². The Kier molecular flexibility index (Phi) is 4.83. The number of hydrogen-bond acceptors (Lipinski definition) is 8. The maximum Gasteiger partial charge on any atom is 0.404 e. The van der Waals surface area contributed by atoms with Crippen LogP contribution in [-0.2, 0) is 0 Å². The highest BCUT2D eigenvalue weighted by molar-refractivity contribution is 6.14. The average molecular weight is 478 g/mol. The Bertz CT molecular complexity index is 1460. The molecule has 6 rings (SSSR count). The Morgan fingerprint density at radius 1 is 1.26 bits per heavy atom. The van der Waals surface area contributed by atoms with Gasteiger partial charge in [0.15, 0.2) is 5.75 Å². The highest BCUT2D eigenvalue weighted by Crippen LogP contribution is 2.44. The number of aromatic nitrogens is 5. The lowest BCUT2D eigenvalue weighted by molar-refractivity contribution is 0.186. The molecule has 2 fully saturated rings. The minimum Gasteiger partial charge on any atom is -0.465 e. The summed E-state index contributed by atoms with van der Waals surface area (Å²) in [7, 11) is 1.73. The van der Waals surface area contributed by atoms with Gasteiger partial charge in [0.2, 0.25) is 0 Å². The molecule has 11 nitrogen and oxygen atoms in total. The summed E-state index contributed by atoms with van der Waals surface area (Å²) in [5, 5.41) is 16.2. The molecule has 4 N–H and O–H groups in total. The first kappa shape index (κ1) is 21.3. The molecule has 1 saturated carbocycles. The summed E-state index contributed by atoms with van der Waals surface area (Å²) in [5.41, 5.74) is 1.83. The third-order valence-corrected chi connectivity index (χ3v) is 6.84. The lowest BCUT2D eigenvalue weighted by atomic mass is 10.0. The number of H-pyrrole nitrogens is 1. The number of carbonyl (C=O) groups is 1. The number of piperidine rings is 1. The number of amides is 1. The molecule has 4 heterocycles. The summed E-state index contributed by atoms with van der Waals surface area (Å²) >= 11 is 0. The smallest absolute Gasteiger partial charge is 0.404 e. The molecular formula is C23H23FN8O3. The Morgan fingerprint density at radius 2 is 2.06 bits per heavy atom. The zero-order chi connectivity index (χ0) is 24.3. The zero-order valence-electron chi connectivity index (χ0n) is 19.0. The van der Waals surface area contributed by atoms with Gasteiger partial charge in [0.05, 0.1) is 29.0 Å². The number of hydrogen-bond donors (Lipinski definition) is 4. The fraction of sp³-hybridized carbons (Fsp3) is 0.348. The van der Waals surface area contributed by atoms with E-state index in [1.165, 1.54) is 12.1 Å². The first-order valence-electron chi connectivity index (χ1n) is 11.3. The predicted octanol–water partition coefficient (Wildman–Crippen LogP) is 3.42. The summed E-state index contributed by atoms with van der Waals surface area (Å²) < 4.78 is 20.4. The lowest BCUT2D eigenvalue weighted by Crippen LogP contribution is -2.45. The first-order chi connectivity index (χ1) is 16.9. The van der Waals surface area contributed by atoms with Gasteiger partial charge in [-0.3, -0.25) is 0 Å². The normalized spacial score (nSPS) is 21.1. The van der Waals surface area contributed by atoms with Crippen LogP contribution in [0.3, 0.4) is 0 Å². The largest absolute Gasteiger partial charge is 0.465 e. The number of rotatable bonds is 5. The third kappa shape index (κ3) is 3.61. The second-order valence-corrected chi connectivity index (χ2v) is 8.97. The molecule has 180 valence electrons. The SMILES string of the molecule is CNc1cc(F)cc2c1[nH]c1nc(Oc3cnc(C)nc3)nc(N3C[C@H]4C[C@H]3C[C@H]4NC(=O)O)c12. The number of fused-ring (bicyclic) bond motifs is 5. The fourth-order valence-electron chi connectivity index (χ4n) is 5.36. The fourth-order valence-corrected chi connectivity index (χ4v) is 5.36. The minimum absolute atomic E-state index is 0.0905. The van der Waals surface area contributed by atoms with Gasteiger partial charge in [-0.1, -0.05) is 0 Å². The average Bonchev–Trinajstić information content (AvgIpc) is 3.51. The van der Waals surface area contributed by atoms with E-state index in [9.17, 15) is 9.18 Å². The van der Waals surface area contributed by atoms with Crippen molar-refractivity contribution in [1.82, 2.24) is 30.2 Å². The summed E-state index contributed by atoms with van der Waals surface area (Å²) in [5.74, 6) is 1.42. The van der Waals surface area contributed by atoms with Crippen LogP contribution in [0.1, 0.15) is 18.7 Å². The molecule has 1 aliphatic carbocycles. The van der Waals surface area contributed by atoms with Gasteiger partial charge >= 0.3 is 12.1 Å². The molecule has 0 unspecified atom stereocenters. The first-order valence-corrected chi connectivity index (χ1v) is 11.3. The minimum atomic E-state index is -1.01. The highest BCUT2D eigenvalue weighted by atomic mass is 19.1. The van der Waals surface area contributed by atoms with Crippen molar-refractivity contribution in [2.45, 2.75) is 31.8 Å². The van der Waals surface area contributed by atoms with Gasteiger partial charge in [-0.25, -0.2) is 19.2 Å². The van der Waals surface area contributed by atoms with Gasteiger partial charge in [0.1, 0.15) is 23.1 Å². The van der Waals surface area contributed by atoms with Crippen LogP contribution in [0.25, 0.3) is 21.9 Å². The van der Waals surface area contributed by atoms with E-state index in [1.807, 2.05) is 0 Å². The number of nitrogens with zero attached hydrogens (tertiary/aromatic N) is 5. The van der Waals surface area contributed by atoms with Crippen molar-refractivity contribution in [2.75, 3.05) is 23.8 Å². The van der Waals surface area contributed by atoms with Crippen LogP contribution in [0.2, 0.25) is 0 Å². The van der Waals surface area contributed by atoms with Gasteiger partial charge in [0.25, 0.3) is 0 Å². The molecule has 12 heteroatoms. The maximum atomic E-state index is 14.5. The molecule has 1 aromatic carbocycles. The molecule has 1 amide bonds. The number of benzene rings is 1. The molecular weight excluding hydrogens is 455 g/mol. The Labute approximate surface area is 198 Å². The third-order valence-electron chi connectivity index (χ3n) is 6.84.